The maximum absolute atomic E-state index is 13.9. The summed E-state index contributed by atoms with van der Waals surface area (Å²) in [5.41, 5.74) is 0.882. The summed E-state index contributed by atoms with van der Waals surface area (Å²) in [5.74, 6) is -0.484. The van der Waals surface area contributed by atoms with Gasteiger partial charge in [0.25, 0.3) is 0 Å². The molecule has 1 saturated heterocycles. The molecule has 2 aromatic heterocycles. The molecule has 134 valence electrons. The lowest BCUT2D eigenvalue weighted by Gasteiger charge is -2.19. The molecule has 4 nitrogen and oxygen atoms in total. The van der Waals surface area contributed by atoms with Crippen LogP contribution < -0.4 is 5.32 Å². The average Bonchev–Trinajstić information content (AvgIpc) is 3.30. The molecule has 26 heavy (non-hydrogen) atoms. The third-order valence-electron chi connectivity index (χ3n) is 4.51. The second kappa shape index (κ2) is 7.35. The topological polar surface area (TPSA) is 47.3 Å². The van der Waals surface area contributed by atoms with E-state index in [1.165, 1.54) is 18.2 Å². The molecule has 3 heterocycles. The van der Waals surface area contributed by atoms with E-state index in [2.05, 4.69) is 10.3 Å². The number of hydrogen-bond donors (Lipinski definition) is 1. The molecule has 2 atom stereocenters. The van der Waals surface area contributed by atoms with Crippen molar-refractivity contribution in [1.29, 1.82) is 0 Å². The van der Waals surface area contributed by atoms with Crippen molar-refractivity contribution in [3.05, 3.63) is 77.8 Å². The van der Waals surface area contributed by atoms with E-state index in [1.54, 1.807) is 24.5 Å². The fourth-order valence-corrected chi connectivity index (χ4v) is 3.24. The summed E-state index contributed by atoms with van der Waals surface area (Å²) < 4.78 is 39.2. The SMILES string of the molecule is Fc1cccc(F)c1-c1ccc(CN[C@H]2CCO[C@@H]2c2cccnc2)o1. The van der Waals surface area contributed by atoms with Crippen LogP contribution in [-0.4, -0.2) is 17.6 Å². The Hall–Kier alpha value is -2.57. The Balaban J connectivity index is 1.45. The van der Waals surface area contributed by atoms with E-state index >= 15 is 0 Å². The molecular weight excluding hydrogens is 338 g/mol. The van der Waals surface area contributed by atoms with E-state index in [0.29, 0.717) is 18.9 Å². The normalized spacial score (nSPS) is 19.8. The van der Waals surface area contributed by atoms with Gasteiger partial charge in [-0.3, -0.25) is 4.98 Å². The second-order valence-corrected chi connectivity index (χ2v) is 6.22. The summed E-state index contributed by atoms with van der Waals surface area (Å²) in [6, 6.07) is 11.1. The first-order chi connectivity index (χ1) is 12.7. The molecule has 0 saturated carbocycles. The lowest BCUT2D eigenvalue weighted by molar-refractivity contribution is 0.0978. The largest absolute Gasteiger partial charge is 0.460 e. The molecule has 1 aromatic carbocycles. The molecule has 0 unspecified atom stereocenters. The number of halogens is 2. The van der Waals surface area contributed by atoms with Crippen LogP contribution >= 0.6 is 0 Å². The number of furan rings is 1. The van der Waals surface area contributed by atoms with Crippen molar-refractivity contribution in [2.75, 3.05) is 6.61 Å². The Morgan fingerprint density at radius 3 is 2.69 bits per heavy atom. The van der Waals surface area contributed by atoms with Crippen molar-refractivity contribution in [3.63, 3.8) is 0 Å². The lowest BCUT2D eigenvalue weighted by atomic mass is 10.0. The van der Waals surface area contributed by atoms with Crippen LogP contribution in [0.15, 0.2) is 59.3 Å². The van der Waals surface area contributed by atoms with Crippen molar-refractivity contribution in [2.45, 2.75) is 25.1 Å². The number of pyridine rings is 1. The minimum Gasteiger partial charge on any atom is -0.460 e. The third-order valence-corrected chi connectivity index (χ3v) is 4.51. The number of hydrogen-bond acceptors (Lipinski definition) is 4. The molecule has 4 rings (SSSR count). The highest BCUT2D eigenvalue weighted by atomic mass is 19.1. The summed E-state index contributed by atoms with van der Waals surface area (Å²) in [7, 11) is 0. The van der Waals surface area contributed by atoms with Crippen LogP contribution in [0, 0.1) is 11.6 Å². The van der Waals surface area contributed by atoms with Crippen molar-refractivity contribution < 1.29 is 17.9 Å². The van der Waals surface area contributed by atoms with Gasteiger partial charge in [0.1, 0.15) is 23.2 Å². The Morgan fingerprint density at radius 1 is 1.08 bits per heavy atom. The molecule has 6 heteroatoms. The van der Waals surface area contributed by atoms with Gasteiger partial charge in [0.2, 0.25) is 0 Å². The number of nitrogens with one attached hydrogen (secondary N) is 1. The van der Waals surface area contributed by atoms with E-state index in [4.69, 9.17) is 9.15 Å². The molecule has 1 aliphatic rings. The molecule has 1 N–H and O–H groups in total. The molecule has 1 fully saturated rings. The first-order valence-electron chi connectivity index (χ1n) is 8.50. The molecule has 0 radical (unpaired) electrons. The van der Waals surface area contributed by atoms with Gasteiger partial charge in [-0.1, -0.05) is 12.1 Å². The number of benzene rings is 1. The van der Waals surface area contributed by atoms with Gasteiger partial charge >= 0.3 is 0 Å². The molecule has 0 bridgehead atoms. The lowest BCUT2D eigenvalue weighted by Crippen LogP contribution is -2.31. The number of aromatic nitrogens is 1. The number of rotatable bonds is 5. The first-order valence-corrected chi connectivity index (χ1v) is 8.50. The monoisotopic (exact) mass is 356 g/mol. The van der Waals surface area contributed by atoms with Gasteiger partial charge in [-0.15, -0.1) is 0 Å². The van der Waals surface area contributed by atoms with Crippen molar-refractivity contribution in [2.24, 2.45) is 0 Å². The van der Waals surface area contributed by atoms with E-state index in [0.717, 1.165) is 12.0 Å². The Bertz CT molecular complexity index is 862. The summed E-state index contributed by atoms with van der Waals surface area (Å²) >= 11 is 0. The Kier molecular flexibility index (Phi) is 4.77. The quantitative estimate of drug-likeness (QED) is 0.743. The van der Waals surface area contributed by atoms with Gasteiger partial charge in [-0.2, -0.15) is 0 Å². The minimum atomic E-state index is -0.639. The Morgan fingerprint density at radius 2 is 1.92 bits per heavy atom. The average molecular weight is 356 g/mol. The zero-order valence-corrected chi connectivity index (χ0v) is 14.0. The van der Waals surface area contributed by atoms with E-state index < -0.39 is 11.6 Å². The van der Waals surface area contributed by atoms with Gasteiger partial charge in [0, 0.05) is 30.6 Å². The third kappa shape index (κ3) is 3.38. The zero-order valence-electron chi connectivity index (χ0n) is 14.0. The summed E-state index contributed by atoms with van der Waals surface area (Å²) in [5, 5.41) is 3.41. The highest BCUT2D eigenvalue weighted by molar-refractivity contribution is 5.59. The van der Waals surface area contributed by atoms with Crippen LogP contribution in [0.5, 0.6) is 0 Å². The van der Waals surface area contributed by atoms with Gasteiger partial charge in [0.15, 0.2) is 0 Å². The molecule has 3 aromatic rings. The van der Waals surface area contributed by atoms with Crippen molar-refractivity contribution in [3.8, 4) is 11.3 Å². The van der Waals surface area contributed by atoms with Crippen LogP contribution in [0.1, 0.15) is 23.8 Å². The second-order valence-electron chi connectivity index (χ2n) is 6.22. The summed E-state index contributed by atoms with van der Waals surface area (Å²) in [6.07, 6.45) is 4.33. The maximum Gasteiger partial charge on any atom is 0.140 e. The van der Waals surface area contributed by atoms with E-state index in [9.17, 15) is 8.78 Å². The first kappa shape index (κ1) is 16.9. The zero-order chi connectivity index (χ0) is 17.9. The van der Waals surface area contributed by atoms with Crippen molar-refractivity contribution >= 4 is 0 Å². The number of ether oxygens (including phenoxy) is 1. The Labute approximate surface area is 149 Å². The summed E-state index contributed by atoms with van der Waals surface area (Å²) in [6.45, 7) is 1.11. The maximum atomic E-state index is 13.9. The standard InChI is InChI=1S/C20H18F2N2O2/c21-15-4-1-5-16(22)19(15)18-7-6-14(26-18)12-24-17-8-10-25-20(17)13-3-2-9-23-11-13/h1-7,9,11,17,20,24H,8,10,12H2/t17-,20+/m0/s1. The van der Waals surface area contributed by atoms with Crippen molar-refractivity contribution in [1.82, 2.24) is 10.3 Å². The minimum absolute atomic E-state index is 0.0675. The molecule has 0 amide bonds. The van der Waals surface area contributed by atoms with E-state index in [-0.39, 0.29) is 23.5 Å². The van der Waals surface area contributed by atoms with Crippen LogP contribution in [0.2, 0.25) is 0 Å². The fourth-order valence-electron chi connectivity index (χ4n) is 3.24. The predicted molar refractivity (Wildman–Crippen MR) is 92.2 cm³/mol. The highest BCUT2D eigenvalue weighted by Crippen LogP contribution is 2.30. The van der Waals surface area contributed by atoms with Crippen LogP contribution in [0.3, 0.4) is 0 Å². The van der Waals surface area contributed by atoms with Gasteiger partial charge in [-0.05, 0) is 36.8 Å². The molecular formula is C20H18F2N2O2. The highest BCUT2D eigenvalue weighted by Gasteiger charge is 2.29. The molecule has 1 aliphatic heterocycles. The van der Waals surface area contributed by atoms with Crippen LogP contribution in [0.4, 0.5) is 8.78 Å². The number of nitrogens with zero attached hydrogens (tertiary/aromatic N) is 1. The van der Waals surface area contributed by atoms with Gasteiger partial charge in [-0.25, -0.2) is 8.78 Å². The van der Waals surface area contributed by atoms with Crippen LogP contribution in [-0.2, 0) is 11.3 Å². The van der Waals surface area contributed by atoms with Gasteiger partial charge < -0.3 is 14.5 Å². The van der Waals surface area contributed by atoms with Crippen LogP contribution in [0.25, 0.3) is 11.3 Å². The molecule has 0 aliphatic carbocycles. The molecule has 0 spiro atoms. The predicted octanol–water partition coefficient (Wildman–Crippen LogP) is 4.24. The smallest absolute Gasteiger partial charge is 0.140 e. The fraction of sp³-hybridized carbons (Fsp3) is 0.250. The summed E-state index contributed by atoms with van der Waals surface area (Å²) in [4.78, 5) is 4.14. The van der Waals surface area contributed by atoms with Gasteiger partial charge in [0.05, 0.1) is 18.2 Å². The van der Waals surface area contributed by atoms with E-state index in [1.807, 2.05) is 12.1 Å².